The summed E-state index contributed by atoms with van der Waals surface area (Å²) in [5.41, 5.74) is 2.17. The first-order chi connectivity index (χ1) is 12.3. The highest BCUT2D eigenvalue weighted by atomic mass is 19.1. The third kappa shape index (κ3) is 4.94. The van der Waals surface area contributed by atoms with E-state index in [9.17, 15) is 4.39 Å². The van der Waals surface area contributed by atoms with Crippen LogP contribution in [0.1, 0.15) is 74.8 Å². The van der Waals surface area contributed by atoms with Crippen LogP contribution < -0.4 is 0 Å². The second-order valence-electron chi connectivity index (χ2n) is 7.93. The average Bonchev–Trinajstić information content (AvgIpc) is 2.69. The van der Waals surface area contributed by atoms with E-state index in [0.29, 0.717) is 18.3 Å². The van der Waals surface area contributed by atoms with Crippen LogP contribution in [-0.2, 0) is 0 Å². The van der Waals surface area contributed by atoms with Crippen molar-refractivity contribution in [1.82, 2.24) is 0 Å². The zero-order valence-electron chi connectivity index (χ0n) is 15.2. The number of hydrogen-bond acceptors (Lipinski definition) is 1. The molecule has 0 radical (unpaired) electrons. The molecule has 2 saturated carbocycles. The maximum atomic E-state index is 12.2. The molecule has 0 bridgehead atoms. The Morgan fingerprint density at radius 1 is 0.920 bits per heavy atom. The standard InChI is InChI=1S/C23H30FN/c24-16-2-1-3-18-4-8-20(9-5-18)22-12-14-23(15-13-22)21-10-6-19(17-25)7-11-21/h1,3,6-7,10-11,18,20,22-23H,2,4-5,8-9,12-16H2/b3-1+/t18-,20-,22?,23?. The van der Waals surface area contributed by atoms with E-state index in [0.717, 1.165) is 17.4 Å². The molecule has 1 aromatic rings. The van der Waals surface area contributed by atoms with Gasteiger partial charge < -0.3 is 0 Å². The van der Waals surface area contributed by atoms with E-state index in [2.05, 4.69) is 24.3 Å². The van der Waals surface area contributed by atoms with Crippen molar-refractivity contribution in [3.63, 3.8) is 0 Å². The maximum absolute atomic E-state index is 12.2. The SMILES string of the molecule is N#Cc1ccc(C2CCC([C@H]3CC[C@H](/C=C/CCF)CC3)CC2)cc1. The summed E-state index contributed by atoms with van der Waals surface area (Å²) in [7, 11) is 0. The molecule has 0 aromatic heterocycles. The smallest absolute Gasteiger partial charge is 0.0991 e. The van der Waals surface area contributed by atoms with Gasteiger partial charge in [-0.3, -0.25) is 4.39 Å². The molecule has 2 aliphatic carbocycles. The molecule has 0 heterocycles. The molecule has 134 valence electrons. The number of benzene rings is 1. The fourth-order valence-electron chi connectivity index (χ4n) is 4.91. The van der Waals surface area contributed by atoms with E-state index >= 15 is 0 Å². The first kappa shape index (κ1) is 18.2. The molecule has 1 aromatic carbocycles. The summed E-state index contributed by atoms with van der Waals surface area (Å²) in [6, 6.07) is 10.4. The second-order valence-corrected chi connectivity index (χ2v) is 7.93. The van der Waals surface area contributed by atoms with Gasteiger partial charge in [0, 0.05) is 0 Å². The average molecular weight is 339 g/mol. The summed E-state index contributed by atoms with van der Waals surface area (Å²) >= 11 is 0. The number of alkyl halides is 1. The normalized spacial score (nSPS) is 30.2. The number of rotatable bonds is 5. The molecule has 1 nitrogen and oxygen atoms in total. The van der Waals surface area contributed by atoms with Crippen LogP contribution in [0.25, 0.3) is 0 Å². The van der Waals surface area contributed by atoms with Crippen LogP contribution in [0, 0.1) is 29.1 Å². The van der Waals surface area contributed by atoms with Crippen LogP contribution in [0.15, 0.2) is 36.4 Å². The van der Waals surface area contributed by atoms with Crippen LogP contribution in [-0.4, -0.2) is 6.67 Å². The summed E-state index contributed by atoms with van der Waals surface area (Å²) in [5, 5.41) is 8.93. The van der Waals surface area contributed by atoms with Crippen molar-refractivity contribution in [2.24, 2.45) is 17.8 Å². The van der Waals surface area contributed by atoms with Crippen molar-refractivity contribution in [2.75, 3.05) is 6.67 Å². The lowest BCUT2D eigenvalue weighted by Gasteiger charge is -2.37. The summed E-state index contributed by atoms with van der Waals surface area (Å²) in [6.07, 6.45) is 15.5. The third-order valence-corrected chi connectivity index (χ3v) is 6.45. The van der Waals surface area contributed by atoms with Gasteiger partial charge in [0.1, 0.15) is 0 Å². The van der Waals surface area contributed by atoms with Gasteiger partial charge in [0.25, 0.3) is 0 Å². The second kappa shape index (κ2) is 9.18. The van der Waals surface area contributed by atoms with Gasteiger partial charge in [0.05, 0.1) is 18.3 Å². The molecular formula is C23H30FN. The molecule has 2 heteroatoms. The molecule has 0 aliphatic heterocycles. The van der Waals surface area contributed by atoms with Crippen molar-refractivity contribution >= 4 is 0 Å². The largest absolute Gasteiger partial charge is 0.251 e. The Balaban J connectivity index is 1.44. The van der Waals surface area contributed by atoms with Gasteiger partial charge >= 0.3 is 0 Å². The quantitative estimate of drug-likeness (QED) is 0.558. The van der Waals surface area contributed by atoms with Crippen molar-refractivity contribution in [3.8, 4) is 6.07 Å². The van der Waals surface area contributed by atoms with Gasteiger partial charge in [0.15, 0.2) is 0 Å². The Labute approximate surface area is 151 Å². The Hall–Kier alpha value is -1.62. The molecule has 25 heavy (non-hydrogen) atoms. The molecule has 3 rings (SSSR count). The maximum Gasteiger partial charge on any atom is 0.0991 e. The third-order valence-electron chi connectivity index (χ3n) is 6.45. The van der Waals surface area contributed by atoms with Crippen LogP contribution in [0.2, 0.25) is 0 Å². The van der Waals surface area contributed by atoms with Crippen molar-refractivity contribution < 1.29 is 4.39 Å². The van der Waals surface area contributed by atoms with Gasteiger partial charge in [-0.25, -0.2) is 0 Å². The molecule has 2 aliphatic rings. The minimum Gasteiger partial charge on any atom is -0.251 e. The lowest BCUT2D eigenvalue weighted by molar-refractivity contribution is 0.171. The lowest BCUT2D eigenvalue weighted by Crippen LogP contribution is -2.25. The van der Waals surface area contributed by atoms with Gasteiger partial charge in [-0.05, 0) is 99.2 Å². The highest BCUT2D eigenvalue weighted by Gasteiger charge is 2.30. The Kier molecular flexibility index (Phi) is 6.68. The summed E-state index contributed by atoms with van der Waals surface area (Å²) in [6.45, 7) is -0.228. The fraction of sp³-hybridized carbons (Fsp3) is 0.609. The molecule has 0 amide bonds. The first-order valence-electron chi connectivity index (χ1n) is 10.0. The fourth-order valence-corrected chi connectivity index (χ4v) is 4.91. The van der Waals surface area contributed by atoms with Gasteiger partial charge in [0.2, 0.25) is 0 Å². The zero-order chi connectivity index (χ0) is 17.5. The van der Waals surface area contributed by atoms with Crippen molar-refractivity contribution in [1.29, 1.82) is 5.26 Å². The van der Waals surface area contributed by atoms with Gasteiger partial charge in [-0.1, -0.05) is 24.3 Å². The summed E-state index contributed by atoms with van der Waals surface area (Å²) < 4.78 is 12.2. The monoisotopic (exact) mass is 339 g/mol. The minimum atomic E-state index is -0.228. The number of allylic oxidation sites excluding steroid dienone is 2. The predicted molar refractivity (Wildman–Crippen MR) is 101 cm³/mol. The Morgan fingerprint density at radius 3 is 2.08 bits per heavy atom. The molecule has 0 atom stereocenters. The van der Waals surface area contributed by atoms with Gasteiger partial charge in [-0.15, -0.1) is 0 Å². The number of nitrogens with zero attached hydrogens (tertiary/aromatic N) is 1. The summed E-state index contributed by atoms with van der Waals surface area (Å²) in [4.78, 5) is 0. The topological polar surface area (TPSA) is 23.8 Å². The van der Waals surface area contributed by atoms with Crippen molar-refractivity contribution in [2.45, 2.75) is 63.7 Å². The lowest BCUT2D eigenvalue weighted by atomic mass is 9.68. The van der Waals surface area contributed by atoms with Gasteiger partial charge in [-0.2, -0.15) is 5.26 Å². The predicted octanol–water partition coefficient (Wildman–Crippen LogP) is 6.55. The van der Waals surface area contributed by atoms with E-state index in [1.807, 2.05) is 18.2 Å². The molecule has 0 unspecified atom stereocenters. The van der Waals surface area contributed by atoms with Crippen LogP contribution in [0.3, 0.4) is 0 Å². The molecular weight excluding hydrogens is 309 g/mol. The molecule has 0 saturated heterocycles. The van der Waals surface area contributed by atoms with E-state index < -0.39 is 0 Å². The molecule has 0 spiro atoms. The van der Waals surface area contributed by atoms with Crippen molar-refractivity contribution in [3.05, 3.63) is 47.5 Å². The van der Waals surface area contributed by atoms with Crippen LogP contribution in [0.5, 0.6) is 0 Å². The van der Waals surface area contributed by atoms with E-state index in [4.69, 9.17) is 5.26 Å². The number of nitriles is 1. The van der Waals surface area contributed by atoms with E-state index in [-0.39, 0.29) is 6.67 Å². The minimum absolute atomic E-state index is 0.228. The number of hydrogen-bond donors (Lipinski definition) is 0. The highest BCUT2D eigenvalue weighted by Crippen LogP contribution is 2.44. The zero-order valence-corrected chi connectivity index (χ0v) is 15.2. The Bertz CT molecular complexity index is 582. The summed E-state index contributed by atoms with van der Waals surface area (Å²) in [5.74, 6) is 3.19. The van der Waals surface area contributed by atoms with E-state index in [1.165, 1.54) is 56.9 Å². The van der Waals surface area contributed by atoms with E-state index in [1.54, 1.807) is 0 Å². The van der Waals surface area contributed by atoms with Crippen LogP contribution in [0.4, 0.5) is 4.39 Å². The molecule has 2 fully saturated rings. The number of halogens is 1. The Morgan fingerprint density at radius 2 is 1.52 bits per heavy atom. The first-order valence-corrected chi connectivity index (χ1v) is 10.0. The highest BCUT2D eigenvalue weighted by molar-refractivity contribution is 5.33. The van der Waals surface area contributed by atoms with Crippen LogP contribution >= 0.6 is 0 Å². The molecule has 0 N–H and O–H groups in total.